The monoisotopic (exact) mass is 466 g/mol. The fourth-order valence-corrected chi connectivity index (χ4v) is 2.79. The normalized spacial score (nSPS) is 12.4. The highest BCUT2D eigenvalue weighted by Crippen LogP contribution is 2.24. The second-order valence-corrected chi connectivity index (χ2v) is 6.48. The molecule has 4 nitrogen and oxygen atoms in total. The average Bonchev–Trinajstić information content (AvgIpc) is 2.63. The van der Waals surface area contributed by atoms with Crippen LogP contribution >= 0.6 is 24.0 Å². The van der Waals surface area contributed by atoms with Gasteiger partial charge < -0.3 is 10.6 Å². The molecule has 26 heavy (non-hydrogen) atoms. The summed E-state index contributed by atoms with van der Waals surface area (Å²) in [7, 11) is 0. The molecule has 2 rings (SSSR count). The van der Waals surface area contributed by atoms with Crippen molar-refractivity contribution in [2.24, 2.45) is 10.9 Å². The lowest BCUT2D eigenvalue weighted by Crippen LogP contribution is -2.38. The van der Waals surface area contributed by atoms with Gasteiger partial charge in [0.05, 0.1) is 0 Å². The molecule has 0 bridgehead atoms. The van der Waals surface area contributed by atoms with Gasteiger partial charge in [-0.3, -0.25) is 9.98 Å². The minimum Gasteiger partial charge on any atom is -0.357 e. The highest BCUT2D eigenvalue weighted by atomic mass is 127. The van der Waals surface area contributed by atoms with E-state index in [9.17, 15) is 0 Å². The van der Waals surface area contributed by atoms with Crippen molar-refractivity contribution in [1.29, 1.82) is 0 Å². The summed E-state index contributed by atoms with van der Waals surface area (Å²) in [6, 6.07) is 16.7. The molecular weight excluding hydrogens is 435 g/mol. The van der Waals surface area contributed by atoms with Crippen LogP contribution in [0.3, 0.4) is 0 Å². The van der Waals surface area contributed by atoms with Crippen molar-refractivity contribution in [1.82, 2.24) is 15.6 Å². The van der Waals surface area contributed by atoms with E-state index in [-0.39, 0.29) is 24.0 Å². The van der Waals surface area contributed by atoms with Crippen molar-refractivity contribution in [3.05, 3.63) is 66.0 Å². The molecule has 0 aliphatic rings. The quantitative estimate of drug-likeness (QED) is 0.348. The first-order chi connectivity index (χ1) is 12.2. The Morgan fingerprint density at radius 2 is 1.77 bits per heavy atom. The molecule has 0 radical (unpaired) electrons. The number of aliphatic imine (C=N–C) groups is 1. The van der Waals surface area contributed by atoms with Gasteiger partial charge in [0.25, 0.3) is 0 Å². The molecule has 0 amide bonds. The third-order valence-electron chi connectivity index (χ3n) is 4.22. The van der Waals surface area contributed by atoms with Gasteiger partial charge in [-0.2, -0.15) is 0 Å². The van der Waals surface area contributed by atoms with Gasteiger partial charge in [-0.05, 0) is 30.5 Å². The van der Waals surface area contributed by atoms with Crippen LogP contribution in [-0.4, -0.2) is 30.6 Å². The molecule has 0 saturated carbocycles. The van der Waals surface area contributed by atoms with Gasteiger partial charge in [-0.15, -0.1) is 24.0 Å². The van der Waals surface area contributed by atoms with Crippen LogP contribution in [0.2, 0.25) is 0 Å². The van der Waals surface area contributed by atoms with Gasteiger partial charge in [-0.1, -0.05) is 50.2 Å². The Hall–Kier alpha value is -1.63. The van der Waals surface area contributed by atoms with Crippen LogP contribution in [0.5, 0.6) is 0 Å². The molecule has 1 aromatic heterocycles. The molecule has 0 fully saturated rings. The number of aromatic nitrogens is 1. The summed E-state index contributed by atoms with van der Waals surface area (Å²) in [5.74, 6) is 1.84. The zero-order valence-corrected chi connectivity index (χ0v) is 18.3. The SMILES string of the molecule is CCNC(=NCC(c1ccccc1)C(C)C)NCCc1ccccn1.I. The van der Waals surface area contributed by atoms with E-state index in [2.05, 4.69) is 72.8 Å². The molecule has 1 aromatic carbocycles. The molecular formula is C21H31IN4. The Balaban J connectivity index is 0.00000338. The van der Waals surface area contributed by atoms with Crippen molar-refractivity contribution < 1.29 is 0 Å². The Morgan fingerprint density at radius 3 is 2.38 bits per heavy atom. The second kappa shape index (κ2) is 12.7. The maximum absolute atomic E-state index is 4.82. The summed E-state index contributed by atoms with van der Waals surface area (Å²) in [5.41, 5.74) is 2.45. The van der Waals surface area contributed by atoms with Crippen molar-refractivity contribution in [2.75, 3.05) is 19.6 Å². The minimum atomic E-state index is 0. The van der Waals surface area contributed by atoms with E-state index in [1.807, 2.05) is 18.3 Å². The summed E-state index contributed by atoms with van der Waals surface area (Å²) >= 11 is 0. The third kappa shape index (κ3) is 7.72. The van der Waals surface area contributed by atoms with Crippen molar-refractivity contribution in [2.45, 2.75) is 33.1 Å². The second-order valence-electron chi connectivity index (χ2n) is 6.48. The molecule has 0 spiro atoms. The van der Waals surface area contributed by atoms with Crippen molar-refractivity contribution in [3.63, 3.8) is 0 Å². The third-order valence-corrected chi connectivity index (χ3v) is 4.22. The first-order valence-corrected chi connectivity index (χ1v) is 9.17. The van der Waals surface area contributed by atoms with Gasteiger partial charge in [0.1, 0.15) is 0 Å². The van der Waals surface area contributed by atoms with Crippen LogP contribution in [0.25, 0.3) is 0 Å². The number of hydrogen-bond donors (Lipinski definition) is 2. The number of hydrogen-bond acceptors (Lipinski definition) is 2. The van der Waals surface area contributed by atoms with E-state index in [4.69, 9.17) is 4.99 Å². The zero-order valence-electron chi connectivity index (χ0n) is 16.0. The molecule has 2 N–H and O–H groups in total. The van der Waals surface area contributed by atoms with Crippen LogP contribution in [0.15, 0.2) is 59.7 Å². The van der Waals surface area contributed by atoms with E-state index in [0.29, 0.717) is 11.8 Å². The Kier molecular flexibility index (Phi) is 10.9. The number of nitrogens with zero attached hydrogens (tertiary/aromatic N) is 2. The van der Waals surface area contributed by atoms with Crippen LogP contribution in [0.1, 0.15) is 37.9 Å². The minimum absolute atomic E-state index is 0. The van der Waals surface area contributed by atoms with Crippen LogP contribution in [-0.2, 0) is 6.42 Å². The summed E-state index contributed by atoms with van der Waals surface area (Å²) in [6.45, 7) is 9.06. The number of rotatable bonds is 8. The number of halogens is 1. The van der Waals surface area contributed by atoms with Gasteiger partial charge in [0, 0.05) is 43.9 Å². The van der Waals surface area contributed by atoms with Crippen LogP contribution in [0.4, 0.5) is 0 Å². The first-order valence-electron chi connectivity index (χ1n) is 9.17. The fourth-order valence-electron chi connectivity index (χ4n) is 2.79. The average molecular weight is 466 g/mol. The van der Waals surface area contributed by atoms with E-state index >= 15 is 0 Å². The number of guanidine groups is 1. The lowest BCUT2D eigenvalue weighted by molar-refractivity contribution is 0.505. The van der Waals surface area contributed by atoms with E-state index < -0.39 is 0 Å². The number of nitrogens with one attached hydrogen (secondary N) is 2. The van der Waals surface area contributed by atoms with Crippen LogP contribution < -0.4 is 10.6 Å². The molecule has 1 unspecified atom stereocenters. The highest BCUT2D eigenvalue weighted by Gasteiger charge is 2.15. The topological polar surface area (TPSA) is 49.3 Å². The van der Waals surface area contributed by atoms with E-state index in [1.165, 1.54) is 5.56 Å². The molecule has 5 heteroatoms. The molecule has 1 heterocycles. The zero-order chi connectivity index (χ0) is 17.9. The number of benzene rings is 1. The molecule has 0 aliphatic heterocycles. The van der Waals surface area contributed by atoms with Crippen LogP contribution in [0, 0.1) is 5.92 Å². The van der Waals surface area contributed by atoms with Crippen molar-refractivity contribution >= 4 is 29.9 Å². The first kappa shape index (κ1) is 22.4. The van der Waals surface area contributed by atoms with Gasteiger partial charge in [-0.25, -0.2) is 0 Å². The Labute approximate surface area is 174 Å². The maximum Gasteiger partial charge on any atom is 0.191 e. The number of pyridine rings is 1. The van der Waals surface area contributed by atoms with E-state index in [1.54, 1.807) is 0 Å². The maximum atomic E-state index is 4.82. The van der Waals surface area contributed by atoms with Crippen molar-refractivity contribution in [3.8, 4) is 0 Å². The summed E-state index contributed by atoms with van der Waals surface area (Å²) < 4.78 is 0. The standard InChI is InChI=1S/C21H30N4.HI/c1-4-22-21(24-15-13-19-12-8-9-14-23-19)25-16-20(17(2)3)18-10-6-5-7-11-18;/h5-12,14,17,20H,4,13,15-16H2,1-3H3,(H2,22,24,25);1H. The van der Waals surface area contributed by atoms with Gasteiger partial charge in [0.15, 0.2) is 5.96 Å². The molecule has 0 saturated heterocycles. The van der Waals surface area contributed by atoms with Gasteiger partial charge in [0.2, 0.25) is 0 Å². The molecule has 0 aliphatic carbocycles. The molecule has 2 aromatic rings. The smallest absolute Gasteiger partial charge is 0.191 e. The lowest BCUT2D eigenvalue weighted by atomic mass is 9.88. The van der Waals surface area contributed by atoms with Gasteiger partial charge >= 0.3 is 0 Å². The van der Waals surface area contributed by atoms with E-state index in [0.717, 1.165) is 37.7 Å². The summed E-state index contributed by atoms with van der Waals surface area (Å²) in [4.78, 5) is 9.18. The fraction of sp³-hybridized carbons (Fsp3) is 0.429. The predicted molar refractivity (Wildman–Crippen MR) is 121 cm³/mol. The summed E-state index contributed by atoms with van der Waals surface area (Å²) in [6.07, 6.45) is 2.72. The highest BCUT2D eigenvalue weighted by molar-refractivity contribution is 14.0. The Morgan fingerprint density at radius 1 is 1.04 bits per heavy atom. The largest absolute Gasteiger partial charge is 0.357 e. The Bertz CT molecular complexity index is 629. The molecule has 1 atom stereocenters. The molecule has 142 valence electrons. The summed E-state index contributed by atoms with van der Waals surface area (Å²) in [5, 5.41) is 6.75. The lowest BCUT2D eigenvalue weighted by Gasteiger charge is -2.20. The predicted octanol–water partition coefficient (Wildman–Crippen LogP) is 4.24.